The molecule has 0 aromatic rings. The van der Waals surface area contributed by atoms with Crippen molar-refractivity contribution in [3.8, 4) is 0 Å². The highest BCUT2D eigenvalue weighted by Gasteiger charge is 2.14. The molecule has 0 heterocycles. The normalized spacial score (nSPS) is 30.8. The van der Waals surface area contributed by atoms with Gasteiger partial charge in [-0.25, -0.2) is 0 Å². The van der Waals surface area contributed by atoms with Gasteiger partial charge in [-0.1, -0.05) is 12.2 Å². The predicted molar refractivity (Wildman–Crippen MR) is 53.5 cm³/mol. The Morgan fingerprint density at radius 3 is 2.93 bits per heavy atom. The average molecular weight is 201 g/mol. The van der Waals surface area contributed by atoms with Crippen LogP contribution in [-0.2, 0) is 9.47 Å². The van der Waals surface area contributed by atoms with E-state index in [1.165, 1.54) is 0 Å². The van der Waals surface area contributed by atoms with Crippen LogP contribution in [0, 0.1) is 0 Å². The van der Waals surface area contributed by atoms with Gasteiger partial charge in [-0.3, -0.25) is 5.73 Å². The Morgan fingerprint density at radius 1 is 1.50 bits per heavy atom. The van der Waals surface area contributed by atoms with Gasteiger partial charge in [0.25, 0.3) is 0 Å². The van der Waals surface area contributed by atoms with E-state index in [1.54, 1.807) is 7.11 Å². The first-order valence-electron chi connectivity index (χ1n) is 5.01. The summed E-state index contributed by atoms with van der Waals surface area (Å²) in [6, 6.07) is 0. The van der Waals surface area contributed by atoms with Gasteiger partial charge in [0.05, 0.1) is 12.2 Å². The molecule has 0 fully saturated rings. The van der Waals surface area contributed by atoms with Crippen molar-refractivity contribution < 1.29 is 14.6 Å². The van der Waals surface area contributed by atoms with Gasteiger partial charge in [-0.2, -0.15) is 0 Å². The molecule has 0 radical (unpaired) electrons. The van der Waals surface area contributed by atoms with Gasteiger partial charge >= 0.3 is 0 Å². The minimum absolute atomic E-state index is 0.0622. The smallest absolute Gasteiger partial charge is 0.211 e. The lowest BCUT2D eigenvalue weighted by Crippen LogP contribution is -2.28. The predicted octanol–water partition coefficient (Wildman–Crippen LogP) is 0.751. The molecular weight excluding hydrogens is 182 g/mol. The summed E-state index contributed by atoms with van der Waals surface area (Å²) in [5, 5.41) is 8.86. The largest absolute Gasteiger partial charge is 0.381 e. The molecule has 0 bridgehead atoms. The maximum Gasteiger partial charge on any atom is 0.211 e. The number of hydrogen-bond donors (Lipinski definition) is 2. The van der Waals surface area contributed by atoms with Crippen LogP contribution in [0.5, 0.6) is 0 Å². The molecule has 0 aliphatic heterocycles. The molecule has 0 aromatic heterocycles. The first-order valence-corrected chi connectivity index (χ1v) is 5.01. The average Bonchev–Trinajstić information content (AvgIpc) is 2.08. The van der Waals surface area contributed by atoms with Crippen LogP contribution in [0.15, 0.2) is 12.2 Å². The van der Waals surface area contributed by atoms with Crippen LogP contribution in [0.25, 0.3) is 0 Å². The van der Waals surface area contributed by atoms with Gasteiger partial charge in [0, 0.05) is 7.11 Å². The Kier molecular flexibility index (Phi) is 5.11. The van der Waals surface area contributed by atoms with E-state index >= 15 is 0 Å². The fraction of sp³-hybridized carbons (Fsp3) is 0.800. The van der Waals surface area contributed by atoms with Crippen LogP contribution in [-0.4, -0.2) is 30.8 Å². The second-order valence-corrected chi connectivity index (χ2v) is 3.52. The number of ether oxygens (including phenoxy) is 2. The number of aliphatic hydroxyl groups is 1. The maximum absolute atomic E-state index is 8.86. The third-order valence-electron chi connectivity index (χ3n) is 2.41. The summed E-state index contributed by atoms with van der Waals surface area (Å²) in [6.45, 7) is 0. The molecule has 4 nitrogen and oxygen atoms in total. The van der Waals surface area contributed by atoms with Crippen molar-refractivity contribution in [2.45, 2.75) is 44.3 Å². The van der Waals surface area contributed by atoms with E-state index < -0.39 is 6.41 Å². The van der Waals surface area contributed by atoms with E-state index in [9.17, 15) is 0 Å². The summed E-state index contributed by atoms with van der Waals surface area (Å²) in [5.41, 5.74) is 5.14. The van der Waals surface area contributed by atoms with Crippen molar-refractivity contribution >= 4 is 0 Å². The van der Waals surface area contributed by atoms with E-state index in [-0.39, 0.29) is 6.10 Å². The zero-order valence-electron chi connectivity index (χ0n) is 8.56. The van der Waals surface area contributed by atoms with Gasteiger partial charge in [0.15, 0.2) is 0 Å². The molecular formula is C10H19NO3. The first kappa shape index (κ1) is 11.7. The molecule has 1 rings (SSSR count). The molecule has 0 saturated carbocycles. The maximum atomic E-state index is 8.86. The second-order valence-electron chi connectivity index (χ2n) is 3.52. The van der Waals surface area contributed by atoms with Crippen molar-refractivity contribution in [3.05, 3.63) is 12.2 Å². The SMILES string of the molecule is COC1CC=CC(OC(N)O)CCC1. The van der Waals surface area contributed by atoms with Crippen molar-refractivity contribution in [2.24, 2.45) is 5.73 Å². The van der Waals surface area contributed by atoms with Gasteiger partial charge in [-0.05, 0) is 25.7 Å². The molecule has 4 heteroatoms. The highest BCUT2D eigenvalue weighted by molar-refractivity contribution is 4.93. The van der Waals surface area contributed by atoms with Crippen LogP contribution >= 0.6 is 0 Å². The minimum Gasteiger partial charge on any atom is -0.381 e. The lowest BCUT2D eigenvalue weighted by Gasteiger charge is -2.20. The van der Waals surface area contributed by atoms with Crippen molar-refractivity contribution in [1.29, 1.82) is 0 Å². The van der Waals surface area contributed by atoms with Gasteiger partial charge in [0.1, 0.15) is 0 Å². The fourth-order valence-electron chi connectivity index (χ4n) is 1.65. The summed E-state index contributed by atoms with van der Waals surface area (Å²) in [4.78, 5) is 0. The van der Waals surface area contributed by atoms with Crippen molar-refractivity contribution in [1.82, 2.24) is 0 Å². The molecule has 0 saturated heterocycles. The number of nitrogens with two attached hydrogens (primary N) is 1. The number of methoxy groups -OCH3 is 1. The highest BCUT2D eigenvalue weighted by atomic mass is 16.6. The zero-order valence-corrected chi connectivity index (χ0v) is 8.56. The van der Waals surface area contributed by atoms with E-state index in [0.29, 0.717) is 6.10 Å². The first-order chi connectivity index (χ1) is 6.72. The molecule has 0 spiro atoms. The fourth-order valence-corrected chi connectivity index (χ4v) is 1.65. The quantitative estimate of drug-likeness (QED) is 0.522. The summed E-state index contributed by atoms with van der Waals surface area (Å²) in [7, 11) is 1.73. The molecule has 3 N–H and O–H groups in total. The van der Waals surface area contributed by atoms with Crippen molar-refractivity contribution in [3.63, 3.8) is 0 Å². The Labute approximate surface area is 84.7 Å². The molecule has 82 valence electrons. The van der Waals surface area contributed by atoms with Crippen molar-refractivity contribution in [2.75, 3.05) is 7.11 Å². The van der Waals surface area contributed by atoms with Gasteiger partial charge in [-0.15, -0.1) is 0 Å². The molecule has 3 unspecified atom stereocenters. The number of hydrogen-bond acceptors (Lipinski definition) is 4. The third-order valence-corrected chi connectivity index (χ3v) is 2.41. The Hall–Kier alpha value is -0.420. The van der Waals surface area contributed by atoms with Crippen LogP contribution in [0.3, 0.4) is 0 Å². The summed E-state index contributed by atoms with van der Waals surface area (Å²) in [5.74, 6) is 0. The Morgan fingerprint density at radius 2 is 2.29 bits per heavy atom. The minimum atomic E-state index is -1.18. The van der Waals surface area contributed by atoms with E-state index in [0.717, 1.165) is 25.7 Å². The molecule has 14 heavy (non-hydrogen) atoms. The summed E-state index contributed by atoms with van der Waals surface area (Å²) in [6.07, 6.45) is 6.88. The summed E-state index contributed by atoms with van der Waals surface area (Å²) >= 11 is 0. The number of rotatable bonds is 3. The van der Waals surface area contributed by atoms with Gasteiger partial charge in [0.2, 0.25) is 6.41 Å². The van der Waals surface area contributed by atoms with Crippen LogP contribution < -0.4 is 5.73 Å². The zero-order chi connectivity index (χ0) is 10.4. The lowest BCUT2D eigenvalue weighted by molar-refractivity contribution is -0.120. The summed E-state index contributed by atoms with van der Waals surface area (Å²) < 4.78 is 10.4. The van der Waals surface area contributed by atoms with E-state index in [2.05, 4.69) is 0 Å². The monoisotopic (exact) mass is 201 g/mol. The Balaban J connectivity index is 2.38. The molecule has 1 aliphatic carbocycles. The molecule has 3 atom stereocenters. The lowest BCUT2D eigenvalue weighted by atomic mass is 10.0. The standard InChI is InChI=1S/C10H19NO3/c1-13-8-4-2-6-9(7-3-5-8)14-10(11)12/h2,6,8-10,12H,3-5,7,11H2,1H3. The second kappa shape index (κ2) is 6.14. The van der Waals surface area contributed by atoms with E-state index in [4.69, 9.17) is 20.3 Å². The Bertz CT molecular complexity index is 182. The number of aliphatic hydroxyl groups excluding tert-OH is 1. The van der Waals surface area contributed by atoms with Crippen LogP contribution in [0.2, 0.25) is 0 Å². The highest BCUT2D eigenvalue weighted by Crippen LogP contribution is 2.16. The molecule has 1 aliphatic rings. The van der Waals surface area contributed by atoms with Gasteiger partial charge < -0.3 is 14.6 Å². The third kappa shape index (κ3) is 4.19. The molecule has 0 aromatic carbocycles. The topological polar surface area (TPSA) is 64.7 Å². The van der Waals surface area contributed by atoms with E-state index in [1.807, 2.05) is 12.2 Å². The van der Waals surface area contributed by atoms with Crippen LogP contribution in [0.1, 0.15) is 25.7 Å². The molecule has 0 amide bonds. The van der Waals surface area contributed by atoms with Crippen LogP contribution in [0.4, 0.5) is 0 Å².